The number of fused-ring (bicyclic) bond motifs is 5. The first kappa shape index (κ1) is 12.2. The molecule has 2 aliphatic carbocycles. The molecular weight excluding hydrogens is 224 g/mol. The Labute approximate surface area is 110 Å². The molecule has 2 fully saturated rings. The number of hydrazone groups is 1. The first-order chi connectivity index (χ1) is 8.50. The molecular formula is C15H24N2O. The molecule has 3 nitrogen and oxygen atoms in total. The van der Waals surface area contributed by atoms with Gasteiger partial charge in [0.05, 0.1) is 5.92 Å². The monoisotopic (exact) mass is 248 g/mol. The molecule has 1 heterocycles. The summed E-state index contributed by atoms with van der Waals surface area (Å²) in [6.45, 7) is 8.87. The van der Waals surface area contributed by atoms with Gasteiger partial charge in [-0.3, -0.25) is 0 Å². The van der Waals surface area contributed by atoms with Crippen LogP contribution in [0.5, 0.6) is 0 Å². The molecule has 0 aromatic rings. The van der Waals surface area contributed by atoms with E-state index in [9.17, 15) is 5.11 Å². The van der Waals surface area contributed by atoms with Crippen molar-refractivity contribution in [2.45, 2.75) is 53.0 Å². The minimum absolute atomic E-state index is 0.158. The third-order valence-electron chi connectivity index (χ3n) is 5.09. The Hall–Kier alpha value is -0.860. The molecule has 1 aliphatic heterocycles. The molecule has 0 aromatic heterocycles. The van der Waals surface area contributed by atoms with Crippen molar-refractivity contribution in [3.63, 3.8) is 0 Å². The lowest BCUT2D eigenvalue weighted by Gasteiger charge is -2.23. The summed E-state index contributed by atoms with van der Waals surface area (Å²) in [7, 11) is 0. The molecule has 0 spiro atoms. The van der Waals surface area contributed by atoms with Gasteiger partial charge in [0.15, 0.2) is 11.8 Å². The van der Waals surface area contributed by atoms with Gasteiger partial charge in [-0.1, -0.05) is 32.4 Å². The lowest BCUT2D eigenvalue weighted by Crippen LogP contribution is -2.40. The SMILES string of the molecule is CC(C)C(C(C)C)=[N+]1N=C([O-])[C@H]2[C@@H]3CC[C@@H](C3)[C@H]21. The maximum atomic E-state index is 12.2. The molecule has 0 radical (unpaired) electrons. The van der Waals surface area contributed by atoms with Gasteiger partial charge in [-0.15, -0.1) is 0 Å². The van der Waals surface area contributed by atoms with Gasteiger partial charge >= 0.3 is 0 Å². The lowest BCUT2D eigenvalue weighted by molar-refractivity contribution is -0.577. The Morgan fingerprint density at radius 1 is 1.17 bits per heavy atom. The Bertz CT molecular complexity index is 412. The Kier molecular flexibility index (Phi) is 2.76. The van der Waals surface area contributed by atoms with Crippen molar-refractivity contribution in [2.24, 2.45) is 34.7 Å². The van der Waals surface area contributed by atoms with Crippen molar-refractivity contribution in [1.82, 2.24) is 0 Å². The standard InChI is InChI=1S/C15H24N2O/c1-8(2)13(9(3)4)17-14-11-6-5-10(7-11)12(14)15(18)16-17/h8-12,14H,5-7H2,1-4H3/t10-,11+,12+,14-/m1/s1. The van der Waals surface area contributed by atoms with Crippen molar-refractivity contribution < 1.29 is 9.79 Å². The fraction of sp³-hybridized carbons (Fsp3) is 0.867. The third kappa shape index (κ3) is 1.55. The highest BCUT2D eigenvalue weighted by molar-refractivity contribution is 5.85. The van der Waals surface area contributed by atoms with Crippen LogP contribution in [-0.2, 0) is 0 Å². The zero-order chi connectivity index (χ0) is 13.0. The van der Waals surface area contributed by atoms with Crippen molar-refractivity contribution >= 4 is 11.6 Å². The highest BCUT2D eigenvalue weighted by Gasteiger charge is 2.58. The summed E-state index contributed by atoms with van der Waals surface area (Å²) in [5.41, 5.74) is 1.35. The lowest BCUT2D eigenvalue weighted by atomic mass is 9.84. The van der Waals surface area contributed by atoms with Crippen LogP contribution < -0.4 is 5.11 Å². The highest BCUT2D eigenvalue weighted by Crippen LogP contribution is 2.51. The summed E-state index contributed by atoms with van der Waals surface area (Å²) in [4.78, 5) is 0. The molecule has 0 N–H and O–H groups in total. The summed E-state index contributed by atoms with van der Waals surface area (Å²) in [6, 6.07) is 0.399. The van der Waals surface area contributed by atoms with E-state index in [1.54, 1.807) is 0 Å². The van der Waals surface area contributed by atoms with E-state index in [1.807, 2.05) is 0 Å². The van der Waals surface area contributed by atoms with Crippen LogP contribution in [-0.4, -0.2) is 22.3 Å². The van der Waals surface area contributed by atoms with E-state index in [0.717, 1.165) is 0 Å². The van der Waals surface area contributed by atoms with E-state index in [1.165, 1.54) is 25.0 Å². The van der Waals surface area contributed by atoms with Crippen LogP contribution in [0.4, 0.5) is 0 Å². The maximum absolute atomic E-state index is 12.2. The first-order valence-electron chi connectivity index (χ1n) is 7.42. The van der Waals surface area contributed by atoms with E-state index in [2.05, 4.69) is 37.5 Å². The molecule has 100 valence electrons. The highest BCUT2D eigenvalue weighted by atomic mass is 16.3. The molecule has 2 saturated carbocycles. The number of hydrogen-bond acceptors (Lipinski definition) is 2. The molecule has 3 heteroatoms. The Balaban J connectivity index is 2.05. The van der Waals surface area contributed by atoms with E-state index in [4.69, 9.17) is 0 Å². The van der Waals surface area contributed by atoms with E-state index in [0.29, 0.717) is 29.7 Å². The van der Waals surface area contributed by atoms with Crippen molar-refractivity contribution in [2.75, 3.05) is 0 Å². The minimum atomic E-state index is 0.158. The maximum Gasteiger partial charge on any atom is 0.194 e. The second-order valence-electron chi connectivity index (χ2n) is 6.87. The fourth-order valence-corrected chi connectivity index (χ4v) is 4.63. The molecule has 0 aromatic carbocycles. The van der Waals surface area contributed by atoms with Crippen molar-refractivity contribution in [1.29, 1.82) is 0 Å². The normalized spacial score (nSPS) is 37.7. The van der Waals surface area contributed by atoms with Crippen LogP contribution in [0.15, 0.2) is 5.10 Å². The van der Waals surface area contributed by atoms with Crippen LogP contribution in [0.3, 0.4) is 0 Å². The van der Waals surface area contributed by atoms with Crippen molar-refractivity contribution in [3.8, 4) is 0 Å². The van der Waals surface area contributed by atoms with E-state index < -0.39 is 0 Å². The van der Waals surface area contributed by atoms with Crippen LogP contribution in [0.25, 0.3) is 0 Å². The topological polar surface area (TPSA) is 38.4 Å². The molecule has 3 aliphatic rings. The number of hydrogen-bond donors (Lipinski definition) is 0. The van der Waals surface area contributed by atoms with Gasteiger partial charge in [-0.05, 0) is 30.3 Å². The van der Waals surface area contributed by atoms with Crippen LogP contribution in [0.1, 0.15) is 47.0 Å². The van der Waals surface area contributed by atoms with Gasteiger partial charge in [0, 0.05) is 23.7 Å². The summed E-state index contributed by atoms with van der Waals surface area (Å²) in [5.74, 6) is 2.66. The van der Waals surface area contributed by atoms with Gasteiger partial charge in [-0.2, -0.15) is 0 Å². The van der Waals surface area contributed by atoms with Gasteiger partial charge in [-0.25, -0.2) is 0 Å². The van der Waals surface area contributed by atoms with Gasteiger partial charge in [0.2, 0.25) is 0 Å². The number of nitrogens with zero attached hydrogens (tertiary/aromatic N) is 2. The van der Waals surface area contributed by atoms with Gasteiger partial charge < -0.3 is 5.11 Å². The van der Waals surface area contributed by atoms with E-state index in [-0.39, 0.29) is 11.8 Å². The first-order valence-corrected chi connectivity index (χ1v) is 7.42. The fourth-order valence-electron chi connectivity index (χ4n) is 4.63. The average Bonchev–Trinajstić information content (AvgIpc) is 2.91. The Morgan fingerprint density at radius 2 is 1.78 bits per heavy atom. The van der Waals surface area contributed by atoms with E-state index >= 15 is 0 Å². The Morgan fingerprint density at radius 3 is 2.39 bits per heavy atom. The largest absolute Gasteiger partial charge is 0.857 e. The average molecular weight is 248 g/mol. The minimum Gasteiger partial charge on any atom is -0.857 e. The van der Waals surface area contributed by atoms with Crippen LogP contribution in [0, 0.1) is 29.6 Å². The summed E-state index contributed by atoms with van der Waals surface area (Å²) in [6.07, 6.45) is 3.81. The van der Waals surface area contributed by atoms with Crippen LogP contribution >= 0.6 is 0 Å². The molecule has 0 unspecified atom stereocenters. The molecule has 4 atom stereocenters. The molecule has 2 bridgehead atoms. The second-order valence-corrected chi connectivity index (χ2v) is 6.87. The zero-order valence-electron chi connectivity index (χ0n) is 11.9. The third-order valence-corrected chi connectivity index (χ3v) is 5.09. The predicted octanol–water partition coefficient (Wildman–Crippen LogP) is 1.85. The number of rotatable bonds is 2. The summed E-state index contributed by atoms with van der Waals surface area (Å²) in [5, 5.41) is 16.6. The zero-order valence-corrected chi connectivity index (χ0v) is 11.9. The van der Waals surface area contributed by atoms with Crippen LogP contribution in [0.2, 0.25) is 0 Å². The van der Waals surface area contributed by atoms with Gasteiger partial charge in [0.1, 0.15) is 0 Å². The quantitative estimate of drug-likeness (QED) is 0.687. The van der Waals surface area contributed by atoms with Gasteiger partial charge in [0.25, 0.3) is 0 Å². The summed E-state index contributed by atoms with van der Waals surface area (Å²) >= 11 is 0. The van der Waals surface area contributed by atoms with Crippen molar-refractivity contribution in [3.05, 3.63) is 0 Å². The molecule has 18 heavy (non-hydrogen) atoms. The predicted molar refractivity (Wildman–Crippen MR) is 70.5 cm³/mol. The molecule has 0 amide bonds. The summed E-state index contributed by atoms with van der Waals surface area (Å²) < 4.78 is 2.14. The smallest absolute Gasteiger partial charge is 0.194 e. The second kappa shape index (κ2) is 4.07. The molecule has 3 rings (SSSR count). The molecule has 0 saturated heterocycles.